The zero-order valence-corrected chi connectivity index (χ0v) is 25.9. The molecule has 46 heavy (non-hydrogen) atoms. The summed E-state index contributed by atoms with van der Waals surface area (Å²) >= 11 is 11.8. The molecule has 0 heterocycles. The van der Waals surface area contributed by atoms with Crippen LogP contribution in [0.5, 0.6) is 17.2 Å². The van der Waals surface area contributed by atoms with Gasteiger partial charge >= 0.3 is 11.9 Å². The van der Waals surface area contributed by atoms with Crippen LogP contribution in [0.1, 0.15) is 47.8 Å². The minimum absolute atomic E-state index is 0.0365. The van der Waals surface area contributed by atoms with Crippen molar-refractivity contribution in [2.45, 2.75) is 13.5 Å². The first-order valence-electron chi connectivity index (χ1n) is 13.9. The van der Waals surface area contributed by atoms with Gasteiger partial charge in [0, 0.05) is 27.2 Å². The summed E-state index contributed by atoms with van der Waals surface area (Å²) in [7, 11) is 0. The van der Waals surface area contributed by atoms with Crippen molar-refractivity contribution in [3.8, 4) is 17.2 Å². The molecule has 0 aliphatic carbocycles. The summed E-state index contributed by atoms with van der Waals surface area (Å²) in [6.45, 7) is 2.43. The molecular formula is C36H26Cl2N2O6. The van der Waals surface area contributed by atoms with Crippen LogP contribution in [0, 0.1) is 6.92 Å². The van der Waals surface area contributed by atoms with Crippen molar-refractivity contribution in [1.82, 2.24) is 5.43 Å². The number of carbonyl (C=O) groups excluding carboxylic acids is 3. The van der Waals surface area contributed by atoms with Crippen molar-refractivity contribution >= 4 is 47.3 Å². The zero-order valence-electron chi connectivity index (χ0n) is 24.4. The second-order valence-electron chi connectivity index (χ2n) is 9.99. The quantitative estimate of drug-likeness (QED) is 0.0708. The van der Waals surface area contributed by atoms with Crippen LogP contribution in [-0.4, -0.2) is 24.1 Å². The summed E-state index contributed by atoms with van der Waals surface area (Å²) in [5.41, 5.74) is 5.88. The number of aryl methyl sites for hydroxylation is 1. The van der Waals surface area contributed by atoms with E-state index in [0.717, 1.165) is 5.56 Å². The first kappa shape index (κ1) is 32.0. The lowest BCUT2D eigenvalue weighted by molar-refractivity contribution is 0.0732. The summed E-state index contributed by atoms with van der Waals surface area (Å²) in [5, 5.41) is 4.97. The van der Waals surface area contributed by atoms with Gasteiger partial charge in [0.1, 0.15) is 23.9 Å². The van der Waals surface area contributed by atoms with Crippen LogP contribution in [0.15, 0.2) is 120 Å². The number of hydrazone groups is 1. The Kier molecular flexibility index (Phi) is 10.4. The van der Waals surface area contributed by atoms with Crippen LogP contribution in [-0.2, 0) is 6.61 Å². The molecule has 0 aliphatic heterocycles. The largest absolute Gasteiger partial charge is 0.489 e. The van der Waals surface area contributed by atoms with Crippen LogP contribution < -0.4 is 19.6 Å². The average molecular weight is 654 g/mol. The molecule has 5 rings (SSSR count). The van der Waals surface area contributed by atoms with E-state index in [0.29, 0.717) is 33.5 Å². The number of ether oxygens (including phenoxy) is 3. The van der Waals surface area contributed by atoms with Crippen molar-refractivity contribution in [2.75, 3.05) is 0 Å². The molecule has 0 saturated carbocycles. The van der Waals surface area contributed by atoms with E-state index in [2.05, 4.69) is 10.5 Å². The van der Waals surface area contributed by atoms with Crippen LogP contribution in [0.2, 0.25) is 10.0 Å². The van der Waals surface area contributed by atoms with E-state index in [9.17, 15) is 14.4 Å². The van der Waals surface area contributed by atoms with E-state index in [-0.39, 0.29) is 22.6 Å². The van der Waals surface area contributed by atoms with Gasteiger partial charge in [-0.25, -0.2) is 15.0 Å². The summed E-state index contributed by atoms with van der Waals surface area (Å²) in [6.07, 6.45) is 1.31. The molecule has 1 amide bonds. The van der Waals surface area contributed by atoms with Crippen molar-refractivity contribution in [2.24, 2.45) is 5.10 Å². The number of amides is 1. The van der Waals surface area contributed by atoms with Crippen LogP contribution >= 0.6 is 23.2 Å². The lowest BCUT2D eigenvalue weighted by Gasteiger charge is -2.11. The van der Waals surface area contributed by atoms with E-state index in [4.69, 9.17) is 37.4 Å². The van der Waals surface area contributed by atoms with Crippen molar-refractivity contribution < 1.29 is 28.6 Å². The molecule has 5 aromatic carbocycles. The second kappa shape index (κ2) is 15.0. The van der Waals surface area contributed by atoms with Gasteiger partial charge in [0.15, 0.2) is 0 Å². The Balaban J connectivity index is 1.27. The Labute approximate surface area is 275 Å². The van der Waals surface area contributed by atoms with E-state index in [1.165, 1.54) is 54.2 Å². The van der Waals surface area contributed by atoms with Gasteiger partial charge in [-0.3, -0.25) is 4.79 Å². The molecule has 0 atom stereocenters. The Bertz CT molecular complexity index is 1870. The van der Waals surface area contributed by atoms with E-state index in [1.807, 2.05) is 31.2 Å². The SMILES string of the molecule is Cc1ccc(COc2ccc(C(=O)N/N=C\c3ccc(OC(=O)c4ccc(Cl)cc4)cc3OC(=O)c3ccc(Cl)cc3)cc2)cc1. The van der Waals surface area contributed by atoms with Crippen LogP contribution in [0.4, 0.5) is 0 Å². The van der Waals surface area contributed by atoms with E-state index < -0.39 is 17.8 Å². The molecule has 0 saturated heterocycles. The number of hydrogen-bond donors (Lipinski definition) is 1. The van der Waals surface area contributed by atoms with Crippen LogP contribution in [0.3, 0.4) is 0 Å². The van der Waals surface area contributed by atoms with Crippen molar-refractivity contribution in [3.05, 3.63) is 159 Å². The van der Waals surface area contributed by atoms with E-state index >= 15 is 0 Å². The topological polar surface area (TPSA) is 103 Å². The Morgan fingerprint density at radius 2 is 1.22 bits per heavy atom. The van der Waals surface area contributed by atoms with E-state index in [1.54, 1.807) is 48.5 Å². The highest BCUT2D eigenvalue weighted by molar-refractivity contribution is 6.31. The van der Waals surface area contributed by atoms with Gasteiger partial charge in [0.25, 0.3) is 5.91 Å². The van der Waals surface area contributed by atoms with Gasteiger partial charge in [0.2, 0.25) is 0 Å². The number of carbonyl (C=O) groups is 3. The standard InChI is InChI=1S/C36H26Cl2N2O6/c1-23-2-4-24(5-3-23)22-44-31-17-10-25(11-18-31)34(41)40-39-21-28-12-19-32(45-35(42)26-6-13-29(37)14-7-26)20-33(28)46-36(43)27-8-15-30(38)16-9-27/h2-21H,22H2,1H3,(H,40,41)/b39-21-. The predicted molar refractivity (Wildman–Crippen MR) is 176 cm³/mol. The maximum atomic E-state index is 12.9. The Morgan fingerprint density at radius 1 is 0.674 bits per heavy atom. The molecule has 0 unspecified atom stereocenters. The predicted octanol–water partition coefficient (Wildman–Crippen LogP) is 8.08. The fourth-order valence-electron chi connectivity index (χ4n) is 4.05. The minimum Gasteiger partial charge on any atom is -0.489 e. The molecule has 0 aliphatic rings. The minimum atomic E-state index is -0.679. The van der Waals surface area contributed by atoms with Gasteiger partial charge in [-0.1, -0.05) is 53.0 Å². The number of rotatable bonds is 10. The fraction of sp³-hybridized carbons (Fsp3) is 0.0556. The molecule has 0 aromatic heterocycles. The number of esters is 2. The third kappa shape index (κ3) is 8.81. The maximum absolute atomic E-state index is 12.9. The van der Waals surface area contributed by atoms with Crippen LogP contribution in [0.25, 0.3) is 0 Å². The maximum Gasteiger partial charge on any atom is 0.343 e. The molecule has 8 nitrogen and oxygen atoms in total. The molecule has 0 bridgehead atoms. The molecule has 0 spiro atoms. The first-order chi connectivity index (χ1) is 22.2. The lowest BCUT2D eigenvalue weighted by atomic mass is 10.2. The van der Waals surface area contributed by atoms with Crippen molar-refractivity contribution in [3.63, 3.8) is 0 Å². The zero-order chi connectivity index (χ0) is 32.5. The first-order valence-corrected chi connectivity index (χ1v) is 14.7. The lowest BCUT2D eigenvalue weighted by Crippen LogP contribution is -2.17. The van der Waals surface area contributed by atoms with Gasteiger partial charge in [-0.05, 0) is 97.4 Å². The number of hydrogen-bond acceptors (Lipinski definition) is 7. The Morgan fingerprint density at radius 3 is 1.83 bits per heavy atom. The molecule has 5 aromatic rings. The van der Waals surface area contributed by atoms with Gasteiger partial charge in [0.05, 0.1) is 17.3 Å². The summed E-state index contributed by atoms with van der Waals surface area (Å²) in [5.74, 6) is -1.01. The third-order valence-corrected chi connectivity index (χ3v) is 7.07. The van der Waals surface area contributed by atoms with Gasteiger partial charge < -0.3 is 14.2 Å². The number of nitrogens with one attached hydrogen (secondary N) is 1. The fourth-order valence-corrected chi connectivity index (χ4v) is 4.30. The average Bonchev–Trinajstić information content (AvgIpc) is 3.06. The monoisotopic (exact) mass is 652 g/mol. The molecule has 0 fully saturated rings. The number of nitrogens with zero attached hydrogens (tertiary/aromatic N) is 1. The molecular weight excluding hydrogens is 627 g/mol. The highest BCUT2D eigenvalue weighted by Crippen LogP contribution is 2.26. The second-order valence-corrected chi connectivity index (χ2v) is 10.9. The number of halogens is 2. The van der Waals surface area contributed by atoms with Gasteiger partial charge in [-0.2, -0.15) is 5.10 Å². The summed E-state index contributed by atoms with van der Waals surface area (Å²) in [6, 6.07) is 31.4. The normalized spacial score (nSPS) is 10.8. The highest BCUT2D eigenvalue weighted by Gasteiger charge is 2.15. The molecule has 0 radical (unpaired) electrons. The molecule has 1 N–H and O–H groups in total. The molecule has 230 valence electrons. The van der Waals surface area contributed by atoms with Crippen molar-refractivity contribution in [1.29, 1.82) is 0 Å². The Hall–Kier alpha value is -5.44. The van der Waals surface area contributed by atoms with Gasteiger partial charge in [-0.15, -0.1) is 0 Å². The highest BCUT2D eigenvalue weighted by atomic mass is 35.5. The third-order valence-electron chi connectivity index (χ3n) is 6.57. The summed E-state index contributed by atoms with van der Waals surface area (Å²) in [4.78, 5) is 38.3. The number of benzene rings is 5. The molecule has 10 heteroatoms. The smallest absolute Gasteiger partial charge is 0.343 e. The summed E-state index contributed by atoms with van der Waals surface area (Å²) < 4.78 is 16.9.